The highest BCUT2D eigenvalue weighted by Crippen LogP contribution is 2.34. The fourth-order valence-electron chi connectivity index (χ4n) is 6.77. The second-order valence-corrected chi connectivity index (χ2v) is 15.8. The van der Waals surface area contributed by atoms with Crippen molar-refractivity contribution in [3.05, 3.63) is 77.2 Å². The molecule has 6 rings (SSSR count). The Morgan fingerprint density at radius 1 is 1.00 bits per heavy atom. The predicted octanol–water partition coefficient (Wildman–Crippen LogP) is 4.65. The van der Waals surface area contributed by atoms with Crippen LogP contribution in [0.5, 0.6) is 0 Å². The van der Waals surface area contributed by atoms with Crippen LogP contribution in [0.25, 0.3) is 17.0 Å². The van der Waals surface area contributed by atoms with Gasteiger partial charge >= 0.3 is 0 Å². The number of fused-ring (bicyclic) bond motifs is 1. The number of aromatic nitrogens is 1. The number of rotatable bonds is 10. The Labute approximate surface area is 287 Å². The Bertz CT molecular complexity index is 1870. The van der Waals surface area contributed by atoms with E-state index in [1.807, 2.05) is 24.9 Å². The number of hydrogen-bond acceptors (Lipinski definition) is 7. The van der Waals surface area contributed by atoms with Crippen LogP contribution in [-0.2, 0) is 19.4 Å². The van der Waals surface area contributed by atoms with Crippen LogP contribution in [-0.4, -0.2) is 85.4 Å². The number of nitrogens with zero attached hydrogens (tertiary/aromatic N) is 3. The number of benzene rings is 2. The van der Waals surface area contributed by atoms with Gasteiger partial charge in [0, 0.05) is 25.0 Å². The molecule has 0 unspecified atom stereocenters. The molecule has 3 aromatic rings. The number of sulfone groups is 1. The summed E-state index contributed by atoms with van der Waals surface area (Å²) in [5, 5.41) is 5.89. The smallest absolute Gasteiger partial charge is 0.270 e. The molecule has 2 atom stereocenters. The van der Waals surface area contributed by atoms with Crippen LogP contribution in [0, 0.1) is 11.7 Å². The maximum absolute atomic E-state index is 13.8. The number of carbonyl (C=O) groups excluding carboxylic acids is 3. The van der Waals surface area contributed by atoms with E-state index in [2.05, 4.69) is 21.7 Å². The third-order valence-electron chi connectivity index (χ3n) is 9.86. The number of likely N-dealkylation sites (N-methyl/N-ethyl adjacent to an activating group) is 1. The van der Waals surface area contributed by atoms with Gasteiger partial charge in [0.15, 0.2) is 9.84 Å². The molecule has 3 aliphatic rings. The monoisotopic (exact) mass is 689 g/mol. The van der Waals surface area contributed by atoms with Gasteiger partial charge in [0.25, 0.3) is 5.91 Å². The number of hydrogen-bond donors (Lipinski definition) is 2. The summed E-state index contributed by atoms with van der Waals surface area (Å²) in [6.07, 6.45) is 10.6. The quantitative estimate of drug-likeness (QED) is 0.317. The standard InChI is InChI=1S/C37H44FN5O5S/c1-24(31-15-14-30(21-26(31)11-10-25-8-9-25)49(47,48)29-6-4-3-5-7-29)40-37(46)34-23-42(2)18-19-43(34)35(44)22-39-36(45)33-16-12-27-20-28(38)13-17-32(27)41-33/h10-17,20-21,24-25,29,34H,3-9,18-19,22-23H2,1-2H3,(H,39,45)(H,40,46)/b11-10+/t24-,34-/m0/s1. The van der Waals surface area contributed by atoms with Crippen LogP contribution in [0.15, 0.2) is 59.5 Å². The van der Waals surface area contributed by atoms with Gasteiger partial charge in [0.05, 0.1) is 28.2 Å². The second-order valence-electron chi connectivity index (χ2n) is 13.6. The fraction of sp³-hybridized carbons (Fsp3) is 0.459. The molecule has 1 aromatic heterocycles. The summed E-state index contributed by atoms with van der Waals surface area (Å²) in [4.78, 5) is 48.2. The highest BCUT2D eigenvalue weighted by Gasteiger charge is 2.35. The first-order chi connectivity index (χ1) is 23.5. The van der Waals surface area contributed by atoms with Gasteiger partial charge in [-0.2, -0.15) is 0 Å². The van der Waals surface area contributed by atoms with Crippen LogP contribution in [0.3, 0.4) is 0 Å². The number of piperazine rings is 1. The van der Waals surface area contributed by atoms with E-state index in [0.29, 0.717) is 54.2 Å². The van der Waals surface area contributed by atoms with Gasteiger partial charge in [0.1, 0.15) is 17.6 Å². The summed E-state index contributed by atoms with van der Waals surface area (Å²) in [6.45, 7) is 2.72. The van der Waals surface area contributed by atoms with Gasteiger partial charge in [0.2, 0.25) is 11.8 Å². The van der Waals surface area contributed by atoms with Crippen LogP contribution in [0.4, 0.5) is 4.39 Å². The van der Waals surface area contributed by atoms with Crippen LogP contribution >= 0.6 is 0 Å². The van der Waals surface area contributed by atoms with Gasteiger partial charge in [-0.3, -0.25) is 14.4 Å². The van der Waals surface area contributed by atoms with Crippen LogP contribution in [0.2, 0.25) is 0 Å². The maximum atomic E-state index is 13.8. The molecule has 3 fully saturated rings. The Morgan fingerprint density at radius 2 is 1.78 bits per heavy atom. The van der Waals surface area contributed by atoms with E-state index in [4.69, 9.17) is 0 Å². The number of halogens is 1. The van der Waals surface area contributed by atoms with E-state index in [9.17, 15) is 27.2 Å². The molecule has 0 spiro atoms. The highest BCUT2D eigenvalue weighted by atomic mass is 32.2. The van der Waals surface area contributed by atoms with Crippen molar-refractivity contribution in [2.24, 2.45) is 5.92 Å². The molecular formula is C37H44FN5O5S. The number of nitrogens with one attached hydrogen (secondary N) is 2. The Balaban J connectivity index is 1.14. The van der Waals surface area contributed by atoms with E-state index in [1.165, 1.54) is 29.2 Å². The Kier molecular flexibility index (Phi) is 10.4. The number of carbonyl (C=O) groups is 3. The first-order valence-electron chi connectivity index (χ1n) is 17.2. The molecule has 2 aliphatic carbocycles. The molecule has 10 nitrogen and oxygen atoms in total. The Morgan fingerprint density at radius 3 is 2.53 bits per heavy atom. The largest absolute Gasteiger partial charge is 0.348 e. The van der Waals surface area contributed by atoms with Crippen molar-refractivity contribution in [1.82, 2.24) is 25.4 Å². The average molecular weight is 690 g/mol. The number of allylic oxidation sites excluding steroid dienone is 1. The zero-order chi connectivity index (χ0) is 34.7. The van der Waals surface area contributed by atoms with Crippen LogP contribution in [0.1, 0.15) is 79.5 Å². The summed E-state index contributed by atoms with van der Waals surface area (Å²) in [7, 11) is -1.59. The molecule has 2 heterocycles. The first-order valence-corrected chi connectivity index (χ1v) is 18.7. The third kappa shape index (κ3) is 8.18. The molecule has 1 aliphatic heterocycles. The summed E-state index contributed by atoms with van der Waals surface area (Å²) in [6, 6.07) is 11.1. The summed E-state index contributed by atoms with van der Waals surface area (Å²) in [5.74, 6) is -1.21. The molecule has 2 aromatic carbocycles. The van der Waals surface area contributed by atoms with Gasteiger partial charge < -0.3 is 20.4 Å². The molecule has 1 saturated heterocycles. The lowest BCUT2D eigenvalue weighted by atomic mass is 9.99. The lowest BCUT2D eigenvalue weighted by Crippen LogP contribution is -2.61. The van der Waals surface area contributed by atoms with Crippen molar-refractivity contribution in [3.63, 3.8) is 0 Å². The van der Waals surface area contributed by atoms with Crippen molar-refractivity contribution < 1.29 is 27.2 Å². The lowest BCUT2D eigenvalue weighted by Gasteiger charge is -2.39. The second kappa shape index (κ2) is 14.8. The van der Waals surface area contributed by atoms with Gasteiger partial charge in [-0.15, -0.1) is 0 Å². The molecule has 2 saturated carbocycles. The molecule has 49 heavy (non-hydrogen) atoms. The van der Waals surface area contributed by atoms with E-state index in [1.54, 1.807) is 24.3 Å². The van der Waals surface area contributed by atoms with E-state index in [0.717, 1.165) is 43.2 Å². The van der Waals surface area contributed by atoms with Gasteiger partial charge in [-0.05, 0) is 93.1 Å². The molecule has 3 amide bonds. The molecule has 2 N–H and O–H groups in total. The van der Waals surface area contributed by atoms with E-state index in [-0.39, 0.29) is 23.4 Å². The lowest BCUT2D eigenvalue weighted by molar-refractivity contribution is -0.143. The zero-order valence-electron chi connectivity index (χ0n) is 28.0. The molecular weight excluding hydrogens is 646 g/mol. The maximum Gasteiger partial charge on any atom is 0.270 e. The van der Waals surface area contributed by atoms with Crippen molar-refractivity contribution in [2.75, 3.05) is 33.2 Å². The number of amides is 3. The van der Waals surface area contributed by atoms with Crippen molar-refractivity contribution in [1.29, 1.82) is 0 Å². The highest BCUT2D eigenvalue weighted by molar-refractivity contribution is 7.92. The average Bonchev–Trinajstić information content (AvgIpc) is 3.94. The number of pyridine rings is 1. The van der Waals surface area contributed by atoms with Gasteiger partial charge in [-0.1, -0.05) is 43.5 Å². The minimum atomic E-state index is -3.47. The SMILES string of the molecule is C[C@H](NC(=O)[C@@H]1CN(C)CCN1C(=O)CNC(=O)c1ccc2cc(F)ccc2n1)c1ccc(S(=O)(=O)C2CCCCC2)cc1/C=C/C1CC1. The van der Waals surface area contributed by atoms with E-state index >= 15 is 0 Å². The fourth-order valence-corrected chi connectivity index (χ4v) is 8.65. The summed E-state index contributed by atoms with van der Waals surface area (Å²) >= 11 is 0. The Hall–Kier alpha value is -4.16. The molecule has 12 heteroatoms. The minimum Gasteiger partial charge on any atom is -0.348 e. The predicted molar refractivity (Wildman–Crippen MR) is 186 cm³/mol. The third-order valence-corrected chi connectivity index (χ3v) is 12.1. The molecule has 0 bridgehead atoms. The molecule has 0 radical (unpaired) electrons. The normalized spacial score (nSPS) is 20.0. The topological polar surface area (TPSA) is 129 Å². The van der Waals surface area contributed by atoms with Crippen molar-refractivity contribution in [2.45, 2.75) is 74.1 Å². The molecule has 260 valence electrons. The minimum absolute atomic E-state index is 0.0949. The van der Waals surface area contributed by atoms with Crippen LogP contribution < -0.4 is 10.6 Å². The first kappa shape index (κ1) is 34.7. The van der Waals surface area contributed by atoms with Gasteiger partial charge in [-0.25, -0.2) is 17.8 Å². The van der Waals surface area contributed by atoms with Crippen molar-refractivity contribution >= 4 is 44.5 Å². The zero-order valence-corrected chi connectivity index (χ0v) is 28.8. The summed E-state index contributed by atoms with van der Waals surface area (Å²) in [5.41, 5.74) is 2.11. The van der Waals surface area contributed by atoms with Crippen molar-refractivity contribution in [3.8, 4) is 0 Å². The van der Waals surface area contributed by atoms with E-state index < -0.39 is 39.6 Å². The summed E-state index contributed by atoms with van der Waals surface area (Å²) < 4.78 is 40.6.